The van der Waals surface area contributed by atoms with Gasteiger partial charge in [0, 0.05) is 11.6 Å². The van der Waals surface area contributed by atoms with E-state index in [0.29, 0.717) is 12.0 Å². The molecule has 88 valence electrons. The van der Waals surface area contributed by atoms with Gasteiger partial charge in [0.05, 0.1) is 5.02 Å². The van der Waals surface area contributed by atoms with Gasteiger partial charge in [0.1, 0.15) is 11.6 Å². The summed E-state index contributed by atoms with van der Waals surface area (Å²) >= 11 is 5.49. The van der Waals surface area contributed by atoms with E-state index in [1.165, 1.54) is 0 Å². The van der Waals surface area contributed by atoms with Crippen LogP contribution >= 0.6 is 11.6 Å². The van der Waals surface area contributed by atoms with Crippen molar-refractivity contribution in [2.24, 2.45) is 0 Å². The number of allylic oxidation sites excluding steroid dienone is 1. The van der Waals surface area contributed by atoms with Crippen molar-refractivity contribution in [2.75, 3.05) is 7.05 Å². The van der Waals surface area contributed by atoms with Crippen LogP contribution in [0.25, 0.3) is 0 Å². The molecule has 0 spiro atoms. The van der Waals surface area contributed by atoms with Crippen LogP contribution in [0.5, 0.6) is 0 Å². The first-order valence-electron chi connectivity index (χ1n) is 5.02. The van der Waals surface area contributed by atoms with E-state index >= 15 is 0 Å². The monoisotopic (exact) mass is 245 g/mol. The van der Waals surface area contributed by atoms with Crippen LogP contribution in [0.15, 0.2) is 24.8 Å². The van der Waals surface area contributed by atoms with Crippen LogP contribution in [0.1, 0.15) is 24.4 Å². The maximum Gasteiger partial charge on any atom is 0.142 e. The Bertz CT molecular complexity index is 380. The molecule has 0 aliphatic rings. The van der Waals surface area contributed by atoms with E-state index in [4.69, 9.17) is 11.6 Å². The molecule has 0 saturated carbocycles. The van der Waals surface area contributed by atoms with Crippen molar-refractivity contribution in [3.8, 4) is 0 Å². The summed E-state index contributed by atoms with van der Waals surface area (Å²) in [5, 5.41) is 2.75. The Morgan fingerprint density at radius 3 is 2.69 bits per heavy atom. The number of hydrogen-bond acceptors (Lipinski definition) is 1. The fraction of sp³-hybridized carbons (Fsp3) is 0.333. The van der Waals surface area contributed by atoms with Gasteiger partial charge in [0.25, 0.3) is 0 Å². The second-order valence-corrected chi connectivity index (χ2v) is 3.90. The van der Waals surface area contributed by atoms with Crippen LogP contribution in [-0.2, 0) is 0 Å². The molecule has 0 aliphatic heterocycles. The SMILES string of the molecule is C=CCCC(NC)c1cc(F)c(Cl)cc1F. The Morgan fingerprint density at radius 2 is 2.12 bits per heavy atom. The number of halogens is 3. The predicted molar refractivity (Wildman–Crippen MR) is 62.6 cm³/mol. The first-order valence-corrected chi connectivity index (χ1v) is 5.40. The highest BCUT2D eigenvalue weighted by Crippen LogP contribution is 2.26. The van der Waals surface area contributed by atoms with Crippen molar-refractivity contribution in [3.63, 3.8) is 0 Å². The average Bonchev–Trinajstić information content (AvgIpc) is 2.26. The molecule has 0 heterocycles. The van der Waals surface area contributed by atoms with E-state index in [9.17, 15) is 8.78 Å². The highest BCUT2D eigenvalue weighted by atomic mass is 35.5. The minimum Gasteiger partial charge on any atom is -0.313 e. The van der Waals surface area contributed by atoms with Gasteiger partial charge in [-0.25, -0.2) is 8.78 Å². The molecule has 0 radical (unpaired) electrons. The van der Waals surface area contributed by atoms with Crippen LogP contribution in [0.3, 0.4) is 0 Å². The Balaban J connectivity index is 2.99. The largest absolute Gasteiger partial charge is 0.313 e. The average molecular weight is 246 g/mol. The molecule has 0 saturated heterocycles. The van der Waals surface area contributed by atoms with Crippen molar-refractivity contribution in [3.05, 3.63) is 47.0 Å². The standard InChI is InChI=1S/C12H14ClF2N/c1-3-4-5-12(16-2)8-6-11(15)9(13)7-10(8)14/h3,6-7,12,16H,1,4-5H2,2H3. The Hall–Kier alpha value is -0.930. The Morgan fingerprint density at radius 1 is 1.44 bits per heavy atom. The molecule has 1 unspecified atom stereocenters. The lowest BCUT2D eigenvalue weighted by atomic mass is 10.0. The van der Waals surface area contributed by atoms with Crippen LogP contribution < -0.4 is 5.32 Å². The molecule has 1 N–H and O–H groups in total. The van der Waals surface area contributed by atoms with Gasteiger partial charge in [-0.1, -0.05) is 17.7 Å². The van der Waals surface area contributed by atoms with Gasteiger partial charge < -0.3 is 5.32 Å². The van der Waals surface area contributed by atoms with Crippen LogP contribution in [0, 0.1) is 11.6 Å². The van der Waals surface area contributed by atoms with E-state index in [1.54, 1.807) is 13.1 Å². The number of rotatable bonds is 5. The molecular weight excluding hydrogens is 232 g/mol. The lowest BCUT2D eigenvalue weighted by molar-refractivity contribution is 0.504. The van der Waals surface area contributed by atoms with Gasteiger partial charge in [0.15, 0.2) is 0 Å². The minimum absolute atomic E-state index is 0.195. The summed E-state index contributed by atoms with van der Waals surface area (Å²) in [7, 11) is 1.71. The third kappa shape index (κ3) is 3.03. The van der Waals surface area contributed by atoms with Crippen molar-refractivity contribution >= 4 is 11.6 Å². The highest BCUT2D eigenvalue weighted by molar-refractivity contribution is 6.30. The molecule has 0 bridgehead atoms. The van der Waals surface area contributed by atoms with Gasteiger partial charge in [-0.05, 0) is 32.0 Å². The lowest BCUT2D eigenvalue weighted by Crippen LogP contribution is -2.17. The first kappa shape index (κ1) is 13.1. The quantitative estimate of drug-likeness (QED) is 0.614. The fourth-order valence-corrected chi connectivity index (χ4v) is 1.70. The molecule has 0 amide bonds. The highest BCUT2D eigenvalue weighted by Gasteiger charge is 2.16. The molecule has 4 heteroatoms. The third-order valence-corrected chi connectivity index (χ3v) is 2.71. The molecule has 0 aromatic heterocycles. The first-order chi connectivity index (χ1) is 7.60. The molecule has 16 heavy (non-hydrogen) atoms. The lowest BCUT2D eigenvalue weighted by Gasteiger charge is -2.16. The van der Waals surface area contributed by atoms with Crippen molar-refractivity contribution in [1.29, 1.82) is 0 Å². The summed E-state index contributed by atoms with van der Waals surface area (Å²) in [6, 6.07) is 1.91. The van der Waals surface area contributed by atoms with Crippen LogP contribution in [-0.4, -0.2) is 7.05 Å². The molecule has 0 aliphatic carbocycles. The molecule has 1 rings (SSSR count). The molecule has 1 aromatic rings. The molecule has 1 nitrogen and oxygen atoms in total. The summed E-state index contributed by atoms with van der Waals surface area (Å²) in [4.78, 5) is 0. The minimum atomic E-state index is -0.600. The van der Waals surface area contributed by atoms with Crippen molar-refractivity contribution in [1.82, 2.24) is 5.32 Å². The summed E-state index contributed by atoms with van der Waals surface area (Å²) in [5.41, 5.74) is 0.297. The molecule has 1 aromatic carbocycles. The van der Waals surface area contributed by atoms with Crippen molar-refractivity contribution < 1.29 is 8.78 Å². The summed E-state index contributed by atoms with van der Waals surface area (Å²) in [6.45, 7) is 3.60. The zero-order valence-electron chi connectivity index (χ0n) is 9.06. The van der Waals surface area contributed by atoms with Crippen LogP contribution in [0.2, 0.25) is 5.02 Å². The number of hydrogen-bond donors (Lipinski definition) is 1. The third-order valence-electron chi connectivity index (χ3n) is 2.42. The second-order valence-electron chi connectivity index (χ2n) is 3.50. The Labute approximate surface area is 99.1 Å². The van der Waals surface area contributed by atoms with E-state index in [0.717, 1.165) is 18.6 Å². The smallest absolute Gasteiger partial charge is 0.142 e. The summed E-state index contributed by atoms with van der Waals surface area (Å²) < 4.78 is 26.8. The van der Waals surface area contributed by atoms with Gasteiger partial charge in [-0.2, -0.15) is 0 Å². The van der Waals surface area contributed by atoms with Gasteiger partial charge in [-0.3, -0.25) is 0 Å². The predicted octanol–water partition coefficient (Wildman–Crippen LogP) is 3.84. The maximum atomic E-state index is 13.6. The van der Waals surface area contributed by atoms with E-state index in [-0.39, 0.29) is 11.1 Å². The van der Waals surface area contributed by atoms with Crippen LogP contribution in [0.4, 0.5) is 8.78 Å². The maximum absolute atomic E-state index is 13.6. The normalized spacial score (nSPS) is 12.5. The van der Waals surface area contributed by atoms with Crippen molar-refractivity contribution in [2.45, 2.75) is 18.9 Å². The van der Waals surface area contributed by atoms with E-state index < -0.39 is 11.6 Å². The zero-order chi connectivity index (χ0) is 12.1. The second kappa shape index (κ2) is 5.97. The molecule has 1 atom stereocenters. The number of nitrogens with one attached hydrogen (secondary N) is 1. The van der Waals surface area contributed by atoms with E-state index in [2.05, 4.69) is 11.9 Å². The summed E-state index contributed by atoms with van der Waals surface area (Å²) in [6.07, 6.45) is 3.14. The molecule has 0 fully saturated rings. The van der Waals surface area contributed by atoms with Gasteiger partial charge in [0.2, 0.25) is 0 Å². The Kier molecular flexibility index (Phi) is 4.90. The van der Waals surface area contributed by atoms with Gasteiger partial charge in [-0.15, -0.1) is 6.58 Å². The summed E-state index contributed by atoms with van der Waals surface area (Å²) in [5.74, 6) is -1.09. The topological polar surface area (TPSA) is 12.0 Å². The fourth-order valence-electron chi connectivity index (χ4n) is 1.54. The van der Waals surface area contributed by atoms with E-state index in [1.807, 2.05) is 0 Å². The zero-order valence-corrected chi connectivity index (χ0v) is 9.82. The van der Waals surface area contributed by atoms with Gasteiger partial charge >= 0.3 is 0 Å². The number of benzene rings is 1. The molecular formula is C12H14ClF2N.